The minimum Gasteiger partial charge on any atom is -0.384 e. The van der Waals surface area contributed by atoms with Gasteiger partial charge in [-0.3, -0.25) is 9.78 Å². The molecule has 0 fully saturated rings. The van der Waals surface area contributed by atoms with E-state index in [2.05, 4.69) is 15.3 Å². The summed E-state index contributed by atoms with van der Waals surface area (Å²) in [5.41, 5.74) is 6.73. The SMILES string of the molecule is Nc1cc(C(=O)Nc2ccncc2F)c2ccccc2n1. The van der Waals surface area contributed by atoms with Crippen molar-refractivity contribution in [2.24, 2.45) is 0 Å². The van der Waals surface area contributed by atoms with Gasteiger partial charge >= 0.3 is 0 Å². The zero-order chi connectivity index (χ0) is 14.8. The van der Waals surface area contributed by atoms with Gasteiger partial charge in [0.1, 0.15) is 5.82 Å². The van der Waals surface area contributed by atoms with E-state index in [4.69, 9.17) is 5.73 Å². The Bertz CT molecular complexity index is 835. The molecular weight excluding hydrogens is 271 g/mol. The molecule has 0 aliphatic carbocycles. The summed E-state index contributed by atoms with van der Waals surface area (Å²) in [6.45, 7) is 0. The van der Waals surface area contributed by atoms with Gasteiger partial charge in [-0.15, -0.1) is 0 Å². The molecule has 0 unspecified atom stereocenters. The lowest BCUT2D eigenvalue weighted by atomic mass is 10.1. The van der Waals surface area contributed by atoms with Gasteiger partial charge < -0.3 is 11.1 Å². The third-order valence-corrected chi connectivity index (χ3v) is 3.00. The minimum atomic E-state index is -0.600. The van der Waals surface area contributed by atoms with E-state index in [1.165, 1.54) is 18.3 Å². The van der Waals surface area contributed by atoms with Gasteiger partial charge in [0, 0.05) is 11.6 Å². The number of para-hydroxylation sites is 1. The summed E-state index contributed by atoms with van der Waals surface area (Å²) in [4.78, 5) is 20.1. The molecule has 0 bridgehead atoms. The van der Waals surface area contributed by atoms with E-state index in [1.54, 1.807) is 24.3 Å². The number of carbonyl (C=O) groups excluding carboxylic acids is 1. The molecule has 2 aromatic heterocycles. The molecular formula is C15H11FN4O. The van der Waals surface area contributed by atoms with Crippen molar-refractivity contribution < 1.29 is 9.18 Å². The summed E-state index contributed by atoms with van der Waals surface area (Å²) in [5.74, 6) is -0.823. The number of carbonyl (C=O) groups is 1. The molecule has 21 heavy (non-hydrogen) atoms. The Morgan fingerprint density at radius 2 is 2.05 bits per heavy atom. The topological polar surface area (TPSA) is 80.9 Å². The lowest BCUT2D eigenvalue weighted by Gasteiger charge is -2.09. The zero-order valence-corrected chi connectivity index (χ0v) is 10.9. The Kier molecular flexibility index (Phi) is 3.19. The van der Waals surface area contributed by atoms with Crippen LogP contribution in [0.5, 0.6) is 0 Å². The summed E-state index contributed by atoms with van der Waals surface area (Å²) in [7, 11) is 0. The van der Waals surface area contributed by atoms with Crippen molar-refractivity contribution in [2.45, 2.75) is 0 Å². The summed E-state index contributed by atoms with van der Waals surface area (Å²) in [5, 5.41) is 3.16. The Hall–Kier alpha value is -3.02. The quantitative estimate of drug-likeness (QED) is 0.757. The smallest absolute Gasteiger partial charge is 0.256 e. The second-order valence-corrected chi connectivity index (χ2v) is 4.42. The molecule has 104 valence electrons. The van der Waals surface area contributed by atoms with Crippen LogP contribution in [0.3, 0.4) is 0 Å². The average molecular weight is 282 g/mol. The first kappa shape index (κ1) is 13.0. The van der Waals surface area contributed by atoms with E-state index < -0.39 is 11.7 Å². The van der Waals surface area contributed by atoms with Crippen LogP contribution < -0.4 is 11.1 Å². The van der Waals surface area contributed by atoms with Gasteiger partial charge in [0.25, 0.3) is 5.91 Å². The fourth-order valence-corrected chi connectivity index (χ4v) is 2.05. The fourth-order valence-electron chi connectivity index (χ4n) is 2.05. The molecule has 0 spiro atoms. The van der Waals surface area contributed by atoms with E-state index >= 15 is 0 Å². The molecule has 5 nitrogen and oxygen atoms in total. The molecule has 3 N–H and O–H groups in total. The van der Waals surface area contributed by atoms with E-state index in [0.29, 0.717) is 16.5 Å². The van der Waals surface area contributed by atoms with E-state index in [1.807, 2.05) is 0 Å². The predicted molar refractivity (Wildman–Crippen MR) is 78.3 cm³/mol. The van der Waals surface area contributed by atoms with Crippen molar-refractivity contribution >= 4 is 28.3 Å². The van der Waals surface area contributed by atoms with Crippen molar-refractivity contribution in [3.05, 3.63) is 60.2 Å². The number of pyridine rings is 2. The predicted octanol–water partition coefficient (Wildman–Crippen LogP) is 2.60. The van der Waals surface area contributed by atoms with Crippen LogP contribution in [0.25, 0.3) is 10.9 Å². The number of fused-ring (bicyclic) bond motifs is 1. The molecule has 3 aromatic rings. The summed E-state index contributed by atoms with van der Waals surface area (Å²) in [6, 6.07) is 9.98. The fraction of sp³-hybridized carbons (Fsp3) is 0. The van der Waals surface area contributed by atoms with Crippen molar-refractivity contribution in [1.82, 2.24) is 9.97 Å². The first-order valence-corrected chi connectivity index (χ1v) is 6.21. The molecule has 0 radical (unpaired) electrons. The Labute approximate surface area is 119 Å². The number of amides is 1. The minimum absolute atomic E-state index is 0.0643. The number of rotatable bonds is 2. The highest BCUT2D eigenvalue weighted by atomic mass is 19.1. The first-order valence-electron chi connectivity index (χ1n) is 6.21. The van der Waals surface area contributed by atoms with Crippen molar-refractivity contribution in [1.29, 1.82) is 0 Å². The van der Waals surface area contributed by atoms with E-state index in [-0.39, 0.29) is 11.5 Å². The molecule has 0 saturated carbocycles. The molecule has 0 aliphatic heterocycles. The van der Waals surface area contributed by atoms with Crippen LogP contribution in [-0.4, -0.2) is 15.9 Å². The normalized spacial score (nSPS) is 10.5. The van der Waals surface area contributed by atoms with Gasteiger partial charge in [-0.1, -0.05) is 18.2 Å². The van der Waals surface area contributed by atoms with Crippen LogP contribution in [0, 0.1) is 5.82 Å². The highest BCUT2D eigenvalue weighted by molar-refractivity contribution is 6.12. The maximum Gasteiger partial charge on any atom is 0.256 e. The first-order chi connectivity index (χ1) is 10.1. The van der Waals surface area contributed by atoms with Crippen LogP contribution in [0.4, 0.5) is 15.9 Å². The number of halogens is 1. The number of hydrogen-bond acceptors (Lipinski definition) is 4. The van der Waals surface area contributed by atoms with Crippen LogP contribution >= 0.6 is 0 Å². The summed E-state index contributed by atoms with van der Waals surface area (Å²) >= 11 is 0. The molecule has 1 aromatic carbocycles. The number of nitrogen functional groups attached to an aromatic ring is 1. The summed E-state index contributed by atoms with van der Waals surface area (Å²) < 4.78 is 13.5. The highest BCUT2D eigenvalue weighted by Crippen LogP contribution is 2.21. The van der Waals surface area contributed by atoms with E-state index in [0.717, 1.165) is 6.20 Å². The Morgan fingerprint density at radius 1 is 1.24 bits per heavy atom. The number of nitrogens with two attached hydrogens (primary N) is 1. The van der Waals surface area contributed by atoms with Crippen molar-refractivity contribution in [3.8, 4) is 0 Å². The van der Waals surface area contributed by atoms with Crippen LogP contribution in [0.2, 0.25) is 0 Å². The molecule has 0 saturated heterocycles. The van der Waals surface area contributed by atoms with Gasteiger partial charge in [0.2, 0.25) is 0 Å². The van der Waals surface area contributed by atoms with Gasteiger partial charge in [0.15, 0.2) is 5.82 Å². The molecule has 3 rings (SSSR count). The standard InChI is InChI=1S/C15H11FN4O/c16-11-8-18-6-5-13(11)20-15(21)10-7-14(17)19-12-4-2-1-3-9(10)12/h1-8H,(H2,17,19)(H,18,20,21). The van der Waals surface area contributed by atoms with Crippen molar-refractivity contribution in [3.63, 3.8) is 0 Å². The van der Waals surface area contributed by atoms with Gasteiger partial charge in [-0.2, -0.15) is 0 Å². The number of nitrogens with zero attached hydrogens (tertiary/aromatic N) is 2. The van der Waals surface area contributed by atoms with Gasteiger partial charge in [0.05, 0.1) is 23.0 Å². The molecule has 6 heteroatoms. The second kappa shape index (κ2) is 5.16. The monoisotopic (exact) mass is 282 g/mol. The van der Waals surface area contributed by atoms with Crippen LogP contribution in [-0.2, 0) is 0 Å². The van der Waals surface area contributed by atoms with Crippen LogP contribution in [0.15, 0.2) is 48.8 Å². The highest BCUT2D eigenvalue weighted by Gasteiger charge is 2.14. The largest absolute Gasteiger partial charge is 0.384 e. The zero-order valence-electron chi connectivity index (χ0n) is 10.9. The second-order valence-electron chi connectivity index (χ2n) is 4.42. The lowest BCUT2D eigenvalue weighted by molar-refractivity contribution is 0.102. The third kappa shape index (κ3) is 2.51. The Balaban J connectivity index is 2.04. The number of benzene rings is 1. The van der Waals surface area contributed by atoms with Gasteiger partial charge in [-0.25, -0.2) is 9.37 Å². The third-order valence-electron chi connectivity index (χ3n) is 3.00. The maximum absolute atomic E-state index is 13.5. The molecule has 0 atom stereocenters. The molecule has 0 aliphatic rings. The van der Waals surface area contributed by atoms with Crippen LogP contribution in [0.1, 0.15) is 10.4 Å². The van der Waals surface area contributed by atoms with Gasteiger partial charge in [-0.05, 0) is 18.2 Å². The number of nitrogens with one attached hydrogen (secondary N) is 1. The molecule has 2 heterocycles. The summed E-state index contributed by atoms with van der Waals surface area (Å²) in [6.07, 6.45) is 2.44. The van der Waals surface area contributed by atoms with Crippen molar-refractivity contribution in [2.75, 3.05) is 11.1 Å². The Morgan fingerprint density at radius 3 is 2.86 bits per heavy atom. The van der Waals surface area contributed by atoms with E-state index in [9.17, 15) is 9.18 Å². The molecule has 1 amide bonds. The average Bonchev–Trinajstić information content (AvgIpc) is 2.48. The maximum atomic E-state index is 13.5. The number of hydrogen-bond donors (Lipinski definition) is 2. The lowest BCUT2D eigenvalue weighted by Crippen LogP contribution is -2.14. The number of anilines is 2. The number of aromatic nitrogens is 2.